The van der Waals surface area contributed by atoms with Gasteiger partial charge in [-0.25, -0.2) is 9.97 Å². The third kappa shape index (κ3) is 4.78. The lowest BCUT2D eigenvalue weighted by molar-refractivity contribution is 0.102. The van der Waals surface area contributed by atoms with E-state index in [9.17, 15) is 4.79 Å². The predicted octanol–water partition coefficient (Wildman–Crippen LogP) is 4.37. The minimum Gasteiger partial charge on any atom is -0.352 e. The first-order valence-corrected chi connectivity index (χ1v) is 8.42. The van der Waals surface area contributed by atoms with Crippen LogP contribution in [0, 0.1) is 6.92 Å². The summed E-state index contributed by atoms with van der Waals surface area (Å²) in [4.78, 5) is 21.1. The molecule has 0 aliphatic carbocycles. The summed E-state index contributed by atoms with van der Waals surface area (Å²) < 4.78 is 0. The molecule has 0 fully saturated rings. The van der Waals surface area contributed by atoms with E-state index in [0.717, 1.165) is 17.8 Å². The zero-order chi connectivity index (χ0) is 17.7. The third-order valence-corrected chi connectivity index (χ3v) is 3.91. The number of carbonyl (C=O) groups excluding carboxylic acids is 1. The molecular weight excluding hydrogens is 300 g/mol. The van der Waals surface area contributed by atoms with E-state index >= 15 is 0 Å². The smallest absolute Gasteiger partial charge is 0.274 e. The molecule has 2 rings (SSSR count). The Morgan fingerprint density at radius 1 is 1.12 bits per heavy atom. The molecule has 2 aromatic rings. The molecule has 5 heteroatoms. The Kier molecular flexibility index (Phi) is 5.90. The normalized spacial score (nSPS) is 12.1. The highest BCUT2D eigenvalue weighted by Crippen LogP contribution is 2.18. The fraction of sp³-hybridized carbons (Fsp3) is 0.421. The molecule has 0 bridgehead atoms. The SMILES string of the molecule is CCC(C)Nc1nc(C)cc(C(=O)Nc2ccc(C(C)C)cc2)n1. The van der Waals surface area contributed by atoms with Crippen LogP contribution in [0.4, 0.5) is 11.6 Å². The molecule has 1 atom stereocenters. The van der Waals surface area contributed by atoms with Crippen molar-refractivity contribution >= 4 is 17.5 Å². The summed E-state index contributed by atoms with van der Waals surface area (Å²) in [5.74, 6) is 0.725. The monoisotopic (exact) mass is 326 g/mol. The van der Waals surface area contributed by atoms with E-state index in [0.29, 0.717) is 17.6 Å². The van der Waals surface area contributed by atoms with Crippen molar-refractivity contribution in [2.24, 2.45) is 0 Å². The van der Waals surface area contributed by atoms with E-state index in [4.69, 9.17) is 0 Å². The molecule has 1 amide bonds. The standard InChI is InChI=1S/C19H26N4O/c1-6-13(4)20-19-21-14(5)11-17(23-19)18(24)22-16-9-7-15(8-10-16)12(2)3/h7-13H,6H2,1-5H3,(H,22,24)(H,20,21,23). The number of aromatic nitrogens is 2. The highest BCUT2D eigenvalue weighted by molar-refractivity contribution is 6.03. The third-order valence-electron chi connectivity index (χ3n) is 3.91. The number of hydrogen-bond donors (Lipinski definition) is 2. The number of rotatable bonds is 6. The van der Waals surface area contributed by atoms with Crippen molar-refractivity contribution in [1.29, 1.82) is 0 Å². The fourth-order valence-corrected chi connectivity index (χ4v) is 2.22. The van der Waals surface area contributed by atoms with Gasteiger partial charge in [-0.15, -0.1) is 0 Å². The molecule has 1 unspecified atom stereocenters. The Morgan fingerprint density at radius 3 is 2.38 bits per heavy atom. The number of benzene rings is 1. The summed E-state index contributed by atoms with van der Waals surface area (Å²) in [6, 6.07) is 9.84. The number of amides is 1. The molecule has 1 aromatic carbocycles. The molecule has 0 radical (unpaired) electrons. The average Bonchev–Trinajstić information content (AvgIpc) is 2.54. The van der Waals surface area contributed by atoms with Crippen LogP contribution in [0.25, 0.3) is 0 Å². The van der Waals surface area contributed by atoms with Gasteiger partial charge in [-0.2, -0.15) is 0 Å². The summed E-state index contributed by atoms with van der Waals surface area (Å²) in [7, 11) is 0. The second-order valence-corrected chi connectivity index (χ2v) is 6.40. The number of anilines is 2. The second kappa shape index (κ2) is 7.90. The molecule has 1 heterocycles. The Balaban J connectivity index is 2.14. The van der Waals surface area contributed by atoms with Gasteiger partial charge in [0.2, 0.25) is 5.95 Å². The first kappa shape index (κ1) is 17.9. The average molecular weight is 326 g/mol. The summed E-state index contributed by atoms with van der Waals surface area (Å²) in [6.45, 7) is 10.3. The minimum atomic E-state index is -0.231. The number of nitrogens with zero attached hydrogens (tertiary/aromatic N) is 2. The van der Waals surface area contributed by atoms with E-state index in [2.05, 4.69) is 48.3 Å². The van der Waals surface area contributed by atoms with Crippen molar-refractivity contribution in [2.75, 3.05) is 10.6 Å². The van der Waals surface area contributed by atoms with Crippen LogP contribution in [0.1, 0.15) is 61.8 Å². The van der Waals surface area contributed by atoms with E-state index in [1.807, 2.05) is 31.2 Å². The van der Waals surface area contributed by atoms with Crippen molar-refractivity contribution in [1.82, 2.24) is 9.97 Å². The van der Waals surface area contributed by atoms with E-state index in [1.54, 1.807) is 6.07 Å². The molecule has 0 saturated heterocycles. The Bertz CT molecular complexity index is 695. The van der Waals surface area contributed by atoms with Crippen LogP contribution in [-0.2, 0) is 0 Å². The summed E-state index contributed by atoms with van der Waals surface area (Å²) in [5.41, 5.74) is 3.13. The predicted molar refractivity (Wildman–Crippen MR) is 98.6 cm³/mol. The first-order valence-electron chi connectivity index (χ1n) is 8.42. The van der Waals surface area contributed by atoms with E-state index in [-0.39, 0.29) is 11.9 Å². The van der Waals surface area contributed by atoms with Crippen LogP contribution in [0.5, 0.6) is 0 Å². The van der Waals surface area contributed by atoms with Gasteiger partial charge in [0.1, 0.15) is 5.69 Å². The summed E-state index contributed by atoms with van der Waals surface area (Å²) >= 11 is 0. The summed E-state index contributed by atoms with van der Waals surface area (Å²) in [5, 5.41) is 6.10. The Morgan fingerprint density at radius 2 is 1.79 bits per heavy atom. The molecule has 0 saturated carbocycles. The quantitative estimate of drug-likeness (QED) is 0.827. The topological polar surface area (TPSA) is 66.9 Å². The molecule has 0 spiro atoms. The lowest BCUT2D eigenvalue weighted by Crippen LogP contribution is -2.19. The van der Waals surface area contributed by atoms with Crippen molar-refractivity contribution in [3.8, 4) is 0 Å². The van der Waals surface area contributed by atoms with E-state index < -0.39 is 0 Å². The van der Waals surface area contributed by atoms with Crippen LogP contribution in [0.2, 0.25) is 0 Å². The maximum Gasteiger partial charge on any atom is 0.274 e. The minimum absolute atomic E-state index is 0.231. The molecule has 0 aliphatic heterocycles. The molecule has 1 aromatic heterocycles. The van der Waals surface area contributed by atoms with Crippen LogP contribution >= 0.6 is 0 Å². The van der Waals surface area contributed by atoms with Gasteiger partial charge in [0.15, 0.2) is 0 Å². The van der Waals surface area contributed by atoms with Crippen LogP contribution < -0.4 is 10.6 Å². The Hall–Kier alpha value is -2.43. The van der Waals surface area contributed by atoms with Crippen LogP contribution in [0.3, 0.4) is 0 Å². The first-order chi connectivity index (χ1) is 11.4. The molecule has 2 N–H and O–H groups in total. The van der Waals surface area contributed by atoms with Crippen LogP contribution in [-0.4, -0.2) is 21.9 Å². The van der Waals surface area contributed by atoms with Crippen molar-refractivity contribution in [2.45, 2.75) is 53.0 Å². The number of nitrogens with one attached hydrogen (secondary N) is 2. The lowest BCUT2D eigenvalue weighted by atomic mass is 10.0. The van der Waals surface area contributed by atoms with Crippen molar-refractivity contribution in [3.63, 3.8) is 0 Å². The van der Waals surface area contributed by atoms with Gasteiger partial charge in [-0.3, -0.25) is 4.79 Å². The van der Waals surface area contributed by atoms with Gasteiger partial charge in [0, 0.05) is 17.4 Å². The fourth-order valence-electron chi connectivity index (χ4n) is 2.22. The van der Waals surface area contributed by atoms with Gasteiger partial charge in [0.05, 0.1) is 0 Å². The highest BCUT2D eigenvalue weighted by atomic mass is 16.1. The van der Waals surface area contributed by atoms with Gasteiger partial charge >= 0.3 is 0 Å². The van der Waals surface area contributed by atoms with Gasteiger partial charge in [-0.1, -0.05) is 32.9 Å². The maximum atomic E-state index is 12.5. The maximum absolute atomic E-state index is 12.5. The van der Waals surface area contributed by atoms with Gasteiger partial charge in [-0.05, 0) is 49.9 Å². The molecule has 5 nitrogen and oxygen atoms in total. The number of aryl methyl sites for hydroxylation is 1. The molecular formula is C19H26N4O. The summed E-state index contributed by atoms with van der Waals surface area (Å²) in [6.07, 6.45) is 0.959. The highest BCUT2D eigenvalue weighted by Gasteiger charge is 2.12. The van der Waals surface area contributed by atoms with Gasteiger partial charge in [0.25, 0.3) is 5.91 Å². The zero-order valence-corrected chi connectivity index (χ0v) is 15.1. The lowest BCUT2D eigenvalue weighted by Gasteiger charge is -2.13. The molecule has 0 aliphatic rings. The largest absolute Gasteiger partial charge is 0.352 e. The molecule has 24 heavy (non-hydrogen) atoms. The van der Waals surface area contributed by atoms with Gasteiger partial charge < -0.3 is 10.6 Å². The second-order valence-electron chi connectivity index (χ2n) is 6.40. The Labute approximate surface area is 143 Å². The van der Waals surface area contributed by atoms with Crippen LogP contribution in [0.15, 0.2) is 30.3 Å². The van der Waals surface area contributed by atoms with E-state index in [1.165, 1.54) is 5.56 Å². The number of carbonyl (C=O) groups is 1. The van der Waals surface area contributed by atoms with Crippen molar-refractivity contribution in [3.05, 3.63) is 47.3 Å². The zero-order valence-electron chi connectivity index (χ0n) is 15.1. The molecule has 128 valence electrons. The van der Waals surface area contributed by atoms with Crippen molar-refractivity contribution < 1.29 is 4.79 Å². The number of hydrogen-bond acceptors (Lipinski definition) is 4.